The molecule has 3 heteroatoms. The molecule has 0 aliphatic carbocycles. The Bertz CT molecular complexity index is 406. The molecule has 0 radical (unpaired) electrons. The molecule has 2 aromatic rings. The van der Waals surface area contributed by atoms with Crippen LogP contribution < -0.4 is 0 Å². The predicted octanol–water partition coefficient (Wildman–Crippen LogP) is 4.39. The molecule has 0 aliphatic rings. The average molecular weight is 259 g/mol. The quantitative estimate of drug-likeness (QED) is 0.684. The Kier molecular flexibility index (Phi) is 2.44. The number of thioether (sulfide) groups is 1. The molecule has 62 valence electrons. The summed E-state index contributed by atoms with van der Waals surface area (Å²) in [4.78, 5) is 1.37. The van der Waals surface area contributed by atoms with E-state index in [1.807, 2.05) is 0 Å². The van der Waals surface area contributed by atoms with E-state index in [0.29, 0.717) is 0 Å². The number of rotatable bonds is 1. The first kappa shape index (κ1) is 8.60. The molecule has 1 aromatic carbocycles. The van der Waals surface area contributed by atoms with Crippen LogP contribution in [0.4, 0.5) is 0 Å². The summed E-state index contributed by atoms with van der Waals surface area (Å²) < 4.78 is 2.52. The number of thiophene rings is 1. The second-order valence-electron chi connectivity index (χ2n) is 2.44. The van der Waals surface area contributed by atoms with Crippen molar-refractivity contribution in [2.75, 3.05) is 6.26 Å². The first-order valence-corrected chi connectivity index (χ1v) is 6.42. The molecule has 0 fully saturated rings. The van der Waals surface area contributed by atoms with E-state index >= 15 is 0 Å². The normalized spacial score (nSPS) is 10.8. The number of halogens is 1. The minimum Gasteiger partial charge on any atom is -0.143 e. The van der Waals surface area contributed by atoms with E-state index in [1.165, 1.54) is 15.0 Å². The summed E-state index contributed by atoms with van der Waals surface area (Å²) in [7, 11) is 0. The standard InChI is InChI=1S/C9H7BrS2/c1-11-9-5-12-8-3-2-6(10)4-7(8)9/h2-5H,1H3. The second-order valence-corrected chi connectivity index (χ2v) is 5.12. The Morgan fingerprint density at radius 2 is 2.25 bits per heavy atom. The fourth-order valence-electron chi connectivity index (χ4n) is 1.14. The second kappa shape index (κ2) is 3.40. The van der Waals surface area contributed by atoms with Crippen molar-refractivity contribution in [1.29, 1.82) is 0 Å². The van der Waals surface area contributed by atoms with E-state index in [-0.39, 0.29) is 0 Å². The van der Waals surface area contributed by atoms with Crippen molar-refractivity contribution in [3.05, 3.63) is 28.1 Å². The van der Waals surface area contributed by atoms with Gasteiger partial charge in [-0.25, -0.2) is 0 Å². The predicted molar refractivity (Wildman–Crippen MR) is 61.3 cm³/mol. The van der Waals surface area contributed by atoms with E-state index in [2.05, 4.69) is 45.8 Å². The van der Waals surface area contributed by atoms with Gasteiger partial charge in [0.05, 0.1) is 0 Å². The number of hydrogen-bond acceptors (Lipinski definition) is 2. The molecule has 0 spiro atoms. The lowest BCUT2D eigenvalue weighted by Crippen LogP contribution is -1.67. The highest BCUT2D eigenvalue weighted by Crippen LogP contribution is 2.33. The third kappa shape index (κ3) is 1.41. The van der Waals surface area contributed by atoms with Crippen molar-refractivity contribution in [3.63, 3.8) is 0 Å². The van der Waals surface area contributed by atoms with Gasteiger partial charge in [-0.1, -0.05) is 15.9 Å². The molecule has 1 aromatic heterocycles. The van der Waals surface area contributed by atoms with Gasteiger partial charge in [-0.2, -0.15) is 0 Å². The molecule has 0 aliphatic heterocycles. The minimum atomic E-state index is 1.16. The van der Waals surface area contributed by atoms with Crippen LogP contribution in [-0.4, -0.2) is 6.26 Å². The Balaban J connectivity index is 2.75. The SMILES string of the molecule is CSc1csc2ccc(Br)cc12. The fraction of sp³-hybridized carbons (Fsp3) is 0.111. The minimum absolute atomic E-state index is 1.16. The smallest absolute Gasteiger partial charge is 0.0355 e. The highest BCUT2D eigenvalue weighted by molar-refractivity contribution is 9.10. The molecule has 0 atom stereocenters. The lowest BCUT2D eigenvalue weighted by molar-refractivity contribution is 1.64. The van der Waals surface area contributed by atoms with E-state index in [4.69, 9.17) is 0 Å². The Labute approximate surface area is 88.1 Å². The maximum atomic E-state index is 3.48. The third-order valence-corrected chi connectivity index (χ3v) is 4.10. The third-order valence-electron chi connectivity index (χ3n) is 1.72. The van der Waals surface area contributed by atoms with Gasteiger partial charge < -0.3 is 0 Å². The van der Waals surface area contributed by atoms with Crippen LogP contribution in [0.15, 0.2) is 32.9 Å². The Morgan fingerprint density at radius 3 is 3.00 bits per heavy atom. The summed E-state index contributed by atoms with van der Waals surface area (Å²) in [6.45, 7) is 0. The van der Waals surface area contributed by atoms with Gasteiger partial charge in [0.25, 0.3) is 0 Å². The fourth-order valence-corrected chi connectivity index (χ4v) is 3.28. The maximum Gasteiger partial charge on any atom is 0.0355 e. The van der Waals surface area contributed by atoms with Crippen LogP contribution in [0.3, 0.4) is 0 Å². The van der Waals surface area contributed by atoms with Gasteiger partial charge in [-0.15, -0.1) is 23.1 Å². The highest BCUT2D eigenvalue weighted by Gasteiger charge is 2.02. The molecule has 0 nitrogen and oxygen atoms in total. The van der Waals surface area contributed by atoms with Crippen molar-refractivity contribution in [2.24, 2.45) is 0 Å². The first-order valence-electron chi connectivity index (χ1n) is 3.52. The van der Waals surface area contributed by atoms with E-state index in [1.54, 1.807) is 23.1 Å². The molecule has 0 N–H and O–H groups in total. The van der Waals surface area contributed by atoms with E-state index in [0.717, 1.165) is 4.47 Å². The van der Waals surface area contributed by atoms with Gasteiger partial charge in [0.1, 0.15) is 0 Å². The van der Waals surface area contributed by atoms with Crippen LogP contribution in [0, 0.1) is 0 Å². The lowest BCUT2D eigenvalue weighted by atomic mass is 10.3. The van der Waals surface area contributed by atoms with Crippen LogP contribution in [0.1, 0.15) is 0 Å². The van der Waals surface area contributed by atoms with Gasteiger partial charge >= 0.3 is 0 Å². The van der Waals surface area contributed by atoms with Crippen LogP contribution in [0.2, 0.25) is 0 Å². The summed E-state index contributed by atoms with van der Waals surface area (Å²) in [5, 5.41) is 3.57. The van der Waals surface area contributed by atoms with Crippen LogP contribution in [0.25, 0.3) is 10.1 Å². The number of benzene rings is 1. The summed E-state index contributed by atoms with van der Waals surface area (Å²) >= 11 is 7.08. The molecule has 1 heterocycles. The molecular weight excluding hydrogens is 252 g/mol. The lowest BCUT2D eigenvalue weighted by Gasteiger charge is -1.93. The van der Waals surface area contributed by atoms with E-state index < -0.39 is 0 Å². The van der Waals surface area contributed by atoms with Crippen molar-refractivity contribution in [3.8, 4) is 0 Å². The molecule has 0 unspecified atom stereocenters. The largest absolute Gasteiger partial charge is 0.143 e. The highest BCUT2D eigenvalue weighted by atomic mass is 79.9. The van der Waals surface area contributed by atoms with Gasteiger partial charge in [0.15, 0.2) is 0 Å². The van der Waals surface area contributed by atoms with Gasteiger partial charge in [-0.3, -0.25) is 0 Å². The molecular formula is C9H7BrS2. The van der Waals surface area contributed by atoms with Crippen molar-refractivity contribution in [2.45, 2.75) is 4.90 Å². The monoisotopic (exact) mass is 258 g/mol. The Hall–Kier alpha value is 0.01000. The zero-order valence-corrected chi connectivity index (χ0v) is 9.72. The molecule has 0 bridgehead atoms. The van der Waals surface area contributed by atoms with Crippen molar-refractivity contribution >= 4 is 49.1 Å². The molecule has 0 amide bonds. The summed E-state index contributed by atoms with van der Waals surface area (Å²) in [6, 6.07) is 6.42. The van der Waals surface area contributed by atoms with Crippen LogP contribution >= 0.6 is 39.0 Å². The average Bonchev–Trinajstić information content (AvgIpc) is 2.46. The van der Waals surface area contributed by atoms with Crippen LogP contribution in [-0.2, 0) is 0 Å². The van der Waals surface area contributed by atoms with Crippen molar-refractivity contribution in [1.82, 2.24) is 0 Å². The molecule has 0 saturated heterocycles. The summed E-state index contributed by atoms with van der Waals surface area (Å²) in [5.74, 6) is 0. The summed E-state index contributed by atoms with van der Waals surface area (Å²) in [6.07, 6.45) is 2.11. The van der Waals surface area contributed by atoms with Crippen molar-refractivity contribution < 1.29 is 0 Å². The van der Waals surface area contributed by atoms with E-state index in [9.17, 15) is 0 Å². The van der Waals surface area contributed by atoms with Gasteiger partial charge in [0.2, 0.25) is 0 Å². The topological polar surface area (TPSA) is 0 Å². The number of hydrogen-bond donors (Lipinski definition) is 0. The molecule has 0 saturated carbocycles. The first-order chi connectivity index (χ1) is 5.81. The molecule has 2 rings (SSSR count). The zero-order valence-electron chi connectivity index (χ0n) is 6.50. The summed E-state index contributed by atoms with van der Waals surface area (Å²) in [5.41, 5.74) is 0. The Morgan fingerprint density at radius 1 is 1.42 bits per heavy atom. The molecule has 12 heavy (non-hydrogen) atoms. The maximum absolute atomic E-state index is 3.48. The van der Waals surface area contributed by atoms with Crippen LogP contribution in [0.5, 0.6) is 0 Å². The zero-order chi connectivity index (χ0) is 8.55. The van der Waals surface area contributed by atoms with Gasteiger partial charge in [0, 0.05) is 24.8 Å². The van der Waals surface area contributed by atoms with Gasteiger partial charge in [-0.05, 0) is 24.5 Å². The number of fused-ring (bicyclic) bond motifs is 1.